The number of methoxy groups -OCH3 is 1. The van der Waals surface area contributed by atoms with Gasteiger partial charge in [0.05, 0.1) is 12.7 Å². The number of phenols is 1. The molecular formula is C20H26N2O8S. The first-order chi connectivity index (χ1) is 14.5. The van der Waals surface area contributed by atoms with Crippen molar-refractivity contribution in [1.82, 2.24) is 10.6 Å². The Morgan fingerprint density at radius 3 is 2.65 bits per heavy atom. The Morgan fingerprint density at radius 1 is 1.29 bits per heavy atom. The number of nitrogens with one attached hydrogen (secondary N) is 2. The van der Waals surface area contributed by atoms with Crippen molar-refractivity contribution in [2.45, 2.75) is 44.2 Å². The number of carbonyl (C=O) groups is 4. The molecule has 0 radical (unpaired) electrons. The van der Waals surface area contributed by atoms with E-state index < -0.39 is 48.2 Å². The molecule has 1 aliphatic heterocycles. The summed E-state index contributed by atoms with van der Waals surface area (Å²) < 4.78 is 15.1. The largest absolute Gasteiger partial charge is 0.508 e. The quantitative estimate of drug-likeness (QED) is 0.446. The summed E-state index contributed by atoms with van der Waals surface area (Å²) in [5.74, 6) is -1.98. The fourth-order valence-corrected chi connectivity index (χ4v) is 3.73. The van der Waals surface area contributed by atoms with Gasteiger partial charge in [0.2, 0.25) is 5.91 Å². The average molecular weight is 455 g/mol. The molecule has 1 aromatic carbocycles. The number of alkyl carbamates (subject to hydrolysis) is 1. The zero-order valence-corrected chi connectivity index (χ0v) is 18.5. The number of thioether (sulfide) groups is 1. The number of ether oxygens (including phenoxy) is 3. The number of amides is 2. The van der Waals surface area contributed by atoms with Gasteiger partial charge in [0.1, 0.15) is 30.0 Å². The van der Waals surface area contributed by atoms with Gasteiger partial charge in [-0.05, 0) is 32.9 Å². The van der Waals surface area contributed by atoms with E-state index in [0.717, 1.165) is 0 Å². The SMILES string of the molecule is COC(=O)[C@@H]1CSCc2c(O)cccc2C(=O)OC[C@@H](NC(=O)OC(C)(C)C)C(=O)N1. The summed E-state index contributed by atoms with van der Waals surface area (Å²) in [6.07, 6.45) is -0.891. The molecular weight excluding hydrogens is 428 g/mol. The molecule has 1 heterocycles. The van der Waals surface area contributed by atoms with Crippen LogP contribution in [0.15, 0.2) is 18.2 Å². The standard InChI is InChI=1S/C20H26N2O8S/c1-20(2,3)30-19(27)22-13-8-29-17(25)11-6-5-7-15(23)12(11)9-31-10-14(18(26)28-4)21-16(13)24/h5-7,13-14,23H,8-10H2,1-4H3,(H,21,24)(H,22,27)/t13-,14+/m1/s1. The smallest absolute Gasteiger partial charge is 0.408 e. The summed E-state index contributed by atoms with van der Waals surface area (Å²) in [6.45, 7) is 4.45. The predicted octanol–water partition coefficient (Wildman–Crippen LogP) is 1.35. The topological polar surface area (TPSA) is 140 Å². The van der Waals surface area contributed by atoms with Crippen LogP contribution < -0.4 is 10.6 Å². The summed E-state index contributed by atoms with van der Waals surface area (Å²) >= 11 is 1.21. The molecule has 0 bridgehead atoms. The van der Waals surface area contributed by atoms with Crippen molar-refractivity contribution >= 4 is 35.7 Å². The van der Waals surface area contributed by atoms with E-state index in [1.165, 1.54) is 37.1 Å². The summed E-state index contributed by atoms with van der Waals surface area (Å²) in [7, 11) is 1.19. The second-order valence-corrected chi connectivity index (χ2v) is 8.73. The zero-order chi connectivity index (χ0) is 23.2. The summed E-state index contributed by atoms with van der Waals surface area (Å²) in [6, 6.07) is 2.07. The summed E-state index contributed by atoms with van der Waals surface area (Å²) in [4.78, 5) is 49.6. The van der Waals surface area contributed by atoms with E-state index >= 15 is 0 Å². The highest BCUT2D eigenvalue weighted by atomic mass is 32.2. The Balaban J connectivity index is 2.32. The van der Waals surface area contributed by atoms with E-state index in [1.54, 1.807) is 20.8 Å². The van der Waals surface area contributed by atoms with Gasteiger partial charge in [-0.15, -0.1) is 0 Å². The molecule has 0 saturated heterocycles. The van der Waals surface area contributed by atoms with Crippen LogP contribution in [-0.2, 0) is 29.6 Å². The number of aromatic hydroxyl groups is 1. The zero-order valence-electron chi connectivity index (χ0n) is 17.7. The van der Waals surface area contributed by atoms with Crippen LogP contribution in [0.25, 0.3) is 0 Å². The molecule has 31 heavy (non-hydrogen) atoms. The minimum Gasteiger partial charge on any atom is -0.508 e. The van der Waals surface area contributed by atoms with Crippen molar-refractivity contribution in [3.8, 4) is 5.75 Å². The lowest BCUT2D eigenvalue weighted by molar-refractivity contribution is -0.144. The highest BCUT2D eigenvalue weighted by Crippen LogP contribution is 2.27. The lowest BCUT2D eigenvalue weighted by Crippen LogP contribution is -2.55. The third-order valence-electron chi connectivity index (χ3n) is 4.09. The average Bonchev–Trinajstić information content (AvgIpc) is 2.68. The molecule has 2 atom stereocenters. The van der Waals surface area contributed by atoms with Crippen molar-refractivity contribution in [3.05, 3.63) is 29.3 Å². The summed E-state index contributed by atoms with van der Waals surface area (Å²) in [5.41, 5.74) is -0.353. The van der Waals surface area contributed by atoms with Crippen molar-refractivity contribution in [2.75, 3.05) is 19.5 Å². The third kappa shape index (κ3) is 7.06. The summed E-state index contributed by atoms with van der Waals surface area (Å²) in [5, 5.41) is 15.0. The normalized spacial score (nSPS) is 20.1. The van der Waals surface area contributed by atoms with Crippen LogP contribution in [0.5, 0.6) is 5.75 Å². The van der Waals surface area contributed by atoms with Crippen LogP contribution in [0.1, 0.15) is 36.7 Å². The molecule has 10 nitrogen and oxygen atoms in total. The molecule has 0 aromatic heterocycles. The number of rotatable bonds is 2. The molecule has 0 spiro atoms. The Morgan fingerprint density at radius 2 is 2.00 bits per heavy atom. The maximum atomic E-state index is 12.7. The molecule has 1 aliphatic rings. The molecule has 0 saturated carbocycles. The second kappa shape index (κ2) is 10.4. The molecule has 1 aromatic rings. The molecule has 2 rings (SSSR count). The Bertz CT molecular complexity index is 852. The lowest BCUT2D eigenvalue weighted by Gasteiger charge is -2.25. The van der Waals surface area contributed by atoms with Gasteiger partial charge in [0, 0.05) is 17.1 Å². The van der Waals surface area contributed by atoms with Gasteiger partial charge in [-0.1, -0.05) is 6.07 Å². The molecule has 11 heteroatoms. The monoisotopic (exact) mass is 454 g/mol. The number of hydrogen-bond acceptors (Lipinski definition) is 9. The lowest BCUT2D eigenvalue weighted by atomic mass is 10.1. The first-order valence-electron chi connectivity index (χ1n) is 9.45. The van der Waals surface area contributed by atoms with Gasteiger partial charge in [-0.3, -0.25) is 4.79 Å². The third-order valence-corrected chi connectivity index (χ3v) is 5.15. The van der Waals surface area contributed by atoms with Crippen molar-refractivity contribution in [3.63, 3.8) is 0 Å². The molecule has 0 aliphatic carbocycles. The highest BCUT2D eigenvalue weighted by molar-refractivity contribution is 7.98. The number of cyclic esters (lactones) is 1. The van der Waals surface area contributed by atoms with Gasteiger partial charge >= 0.3 is 18.0 Å². The Hall–Kier alpha value is -2.95. The van der Waals surface area contributed by atoms with Crippen LogP contribution in [-0.4, -0.2) is 66.2 Å². The van der Waals surface area contributed by atoms with Gasteiger partial charge in [-0.2, -0.15) is 11.8 Å². The minimum atomic E-state index is -1.32. The van der Waals surface area contributed by atoms with Gasteiger partial charge in [0.25, 0.3) is 0 Å². The second-order valence-electron chi connectivity index (χ2n) is 7.70. The molecule has 0 unspecified atom stereocenters. The number of esters is 2. The van der Waals surface area contributed by atoms with Gasteiger partial charge in [-0.25, -0.2) is 14.4 Å². The molecule has 3 N–H and O–H groups in total. The molecule has 2 amide bonds. The maximum absolute atomic E-state index is 12.7. The van der Waals surface area contributed by atoms with Crippen LogP contribution in [0.3, 0.4) is 0 Å². The fourth-order valence-electron chi connectivity index (χ4n) is 2.65. The van der Waals surface area contributed by atoms with Crippen LogP contribution in [0, 0.1) is 0 Å². The van der Waals surface area contributed by atoms with E-state index in [2.05, 4.69) is 10.6 Å². The Labute approximate surface area is 184 Å². The van der Waals surface area contributed by atoms with E-state index in [4.69, 9.17) is 14.2 Å². The molecule has 170 valence electrons. The number of fused-ring (bicyclic) bond motifs is 1. The van der Waals surface area contributed by atoms with Crippen molar-refractivity contribution in [1.29, 1.82) is 0 Å². The molecule has 0 fully saturated rings. The first kappa shape index (κ1) is 24.3. The van der Waals surface area contributed by atoms with Crippen LogP contribution >= 0.6 is 11.8 Å². The highest BCUT2D eigenvalue weighted by Gasteiger charge is 2.31. The van der Waals surface area contributed by atoms with E-state index in [-0.39, 0.29) is 22.8 Å². The predicted molar refractivity (Wildman–Crippen MR) is 112 cm³/mol. The maximum Gasteiger partial charge on any atom is 0.408 e. The van der Waals surface area contributed by atoms with Crippen molar-refractivity contribution in [2.24, 2.45) is 0 Å². The van der Waals surface area contributed by atoms with Gasteiger partial charge in [0.15, 0.2) is 0 Å². The van der Waals surface area contributed by atoms with Crippen LogP contribution in [0.4, 0.5) is 4.79 Å². The number of benzene rings is 1. The van der Waals surface area contributed by atoms with Crippen LogP contribution in [0.2, 0.25) is 0 Å². The van der Waals surface area contributed by atoms with E-state index in [0.29, 0.717) is 5.56 Å². The van der Waals surface area contributed by atoms with E-state index in [9.17, 15) is 24.3 Å². The van der Waals surface area contributed by atoms with E-state index in [1.807, 2.05) is 0 Å². The fraction of sp³-hybridized carbons (Fsp3) is 0.500. The minimum absolute atomic E-state index is 0.0962. The first-order valence-corrected chi connectivity index (χ1v) is 10.6. The van der Waals surface area contributed by atoms with Gasteiger partial charge < -0.3 is 30.0 Å². The Kier molecular flexibility index (Phi) is 8.14. The van der Waals surface area contributed by atoms with Crippen molar-refractivity contribution < 1.29 is 38.5 Å². The number of phenolic OH excluding ortho intramolecular Hbond substituents is 1. The number of hydrogen-bond donors (Lipinski definition) is 3. The number of carbonyl (C=O) groups excluding carboxylic acids is 4.